The molecule has 0 aliphatic rings. The number of benzene rings is 1. The molecular formula is C19H29NO4. The van der Waals surface area contributed by atoms with E-state index in [2.05, 4.69) is 5.32 Å². The molecule has 0 aromatic heterocycles. The number of methoxy groups -OCH3 is 1. The van der Waals surface area contributed by atoms with E-state index in [9.17, 15) is 14.7 Å². The maximum atomic E-state index is 12.1. The van der Waals surface area contributed by atoms with Crippen molar-refractivity contribution in [3.8, 4) is 5.75 Å². The van der Waals surface area contributed by atoms with Gasteiger partial charge in [0, 0.05) is 13.0 Å². The summed E-state index contributed by atoms with van der Waals surface area (Å²) in [5.41, 5.74) is 1.07. The largest absolute Gasteiger partial charge is 0.496 e. The lowest BCUT2D eigenvalue weighted by atomic mass is 9.95. The van der Waals surface area contributed by atoms with Crippen molar-refractivity contribution in [1.29, 1.82) is 0 Å². The summed E-state index contributed by atoms with van der Waals surface area (Å²) < 4.78 is 5.33. The van der Waals surface area contributed by atoms with Gasteiger partial charge in [-0.25, -0.2) is 0 Å². The zero-order valence-corrected chi connectivity index (χ0v) is 15.0. The molecule has 0 aliphatic carbocycles. The Morgan fingerprint density at radius 3 is 2.46 bits per heavy atom. The molecular weight excluding hydrogens is 306 g/mol. The van der Waals surface area contributed by atoms with Crippen LogP contribution in [0.5, 0.6) is 5.75 Å². The number of carbonyl (C=O) groups excluding carboxylic acids is 1. The second-order valence-corrected chi connectivity index (χ2v) is 6.79. The fourth-order valence-corrected chi connectivity index (χ4v) is 2.79. The van der Waals surface area contributed by atoms with E-state index >= 15 is 0 Å². The molecule has 134 valence electrons. The number of aliphatic carboxylic acids is 1. The zero-order valence-electron chi connectivity index (χ0n) is 15.0. The summed E-state index contributed by atoms with van der Waals surface area (Å²) >= 11 is 0. The van der Waals surface area contributed by atoms with Crippen LogP contribution in [0.15, 0.2) is 24.3 Å². The molecule has 5 heteroatoms. The van der Waals surface area contributed by atoms with Crippen molar-refractivity contribution >= 4 is 11.9 Å². The van der Waals surface area contributed by atoms with E-state index in [4.69, 9.17) is 4.74 Å². The highest BCUT2D eigenvalue weighted by atomic mass is 16.5. The maximum absolute atomic E-state index is 12.1. The summed E-state index contributed by atoms with van der Waals surface area (Å²) in [6.07, 6.45) is 1.67. The average Bonchev–Trinajstić information content (AvgIpc) is 2.51. The monoisotopic (exact) mass is 335 g/mol. The number of hydrogen-bond acceptors (Lipinski definition) is 3. The second kappa shape index (κ2) is 9.96. The predicted octanol–water partition coefficient (Wildman–Crippen LogP) is 3.13. The zero-order chi connectivity index (χ0) is 18.1. The highest BCUT2D eigenvalue weighted by Crippen LogP contribution is 2.22. The Hall–Kier alpha value is -2.04. The number of carbonyl (C=O) groups is 2. The first-order chi connectivity index (χ1) is 11.3. The Morgan fingerprint density at radius 2 is 1.88 bits per heavy atom. The average molecular weight is 335 g/mol. The summed E-state index contributed by atoms with van der Waals surface area (Å²) in [6.45, 7) is 6.16. The van der Waals surface area contributed by atoms with Crippen molar-refractivity contribution in [2.24, 2.45) is 17.8 Å². The van der Waals surface area contributed by atoms with E-state index < -0.39 is 11.9 Å². The molecule has 0 bridgehead atoms. The van der Waals surface area contributed by atoms with E-state index in [-0.39, 0.29) is 24.3 Å². The van der Waals surface area contributed by atoms with Gasteiger partial charge < -0.3 is 15.2 Å². The molecule has 0 spiro atoms. The Labute approximate surface area is 144 Å². The Morgan fingerprint density at radius 1 is 1.21 bits per heavy atom. The third kappa shape index (κ3) is 7.02. The molecule has 1 aromatic carbocycles. The van der Waals surface area contributed by atoms with E-state index in [0.717, 1.165) is 17.7 Å². The Balaban J connectivity index is 2.47. The van der Waals surface area contributed by atoms with Gasteiger partial charge in [0.05, 0.1) is 13.0 Å². The van der Waals surface area contributed by atoms with Gasteiger partial charge in [-0.1, -0.05) is 39.0 Å². The number of ether oxygens (including phenoxy) is 1. The van der Waals surface area contributed by atoms with Crippen molar-refractivity contribution in [3.63, 3.8) is 0 Å². The SMILES string of the molecule is COc1ccccc1CC(C)CC(=O)NCC(CC(C)C)C(=O)O. The summed E-state index contributed by atoms with van der Waals surface area (Å²) in [7, 11) is 1.64. The minimum absolute atomic E-state index is 0.104. The number of para-hydroxylation sites is 1. The normalized spacial score (nSPS) is 13.4. The topological polar surface area (TPSA) is 75.6 Å². The third-order valence-electron chi connectivity index (χ3n) is 3.95. The van der Waals surface area contributed by atoms with Gasteiger partial charge in [0.1, 0.15) is 5.75 Å². The van der Waals surface area contributed by atoms with Crippen LogP contribution in [0.2, 0.25) is 0 Å². The molecule has 2 atom stereocenters. The third-order valence-corrected chi connectivity index (χ3v) is 3.95. The van der Waals surface area contributed by atoms with Crippen LogP contribution in [0, 0.1) is 17.8 Å². The molecule has 0 saturated heterocycles. The van der Waals surface area contributed by atoms with Gasteiger partial charge in [0.15, 0.2) is 0 Å². The molecule has 0 radical (unpaired) electrons. The van der Waals surface area contributed by atoms with Crippen LogP contribution < -0.4 is 10.1 Å². The summed E-state index contributed by atoms with van der Waals surface area (Å²) in [4.78, 5) is 23.3. The molecule has 1 aromatic rings. The Bertz CT molecular complexity index is 542. The summed E-state index contributed by atoms with van der Waals surface area (Å²) in [5.74, 6) is -0.230. The first kappa shape index (κ1) is 20.0. The number of carboxylic acids is 1. The van der Waals surface area contributed by atoms with Crippen LogP contribution in [-0.2, 0) is 16.0 Å². The number of hydrogen-bond donors (Lipinski definition) is 2. The van der Waals surface area contributed by atoms with Crippen molar-refractivity contribution < 1.29 is 19.4 Å². The number of carboxylic acid groups (broad SMARTS) is 1. The van der Waals surface area contributed by atoms with Crippen molar-refractivity contribution in [2.75, 3.05) is 13.7 Å². The summed E-state index contributed by atoms with van der Waals surface area (Å²) in [5, 5.41) is 12.0. The molecule has 1 amide bonds. The molecule has 24 heavy (non-hydrogen) atoms. The van der Waals surface area contributed by atoms with Gasteiger partial charge in [0.25, 0.3) is 0 Å². The van der Waals surface area contributed by atoms with E-state index in [0.29, 0.717) is 12.8 Å². The van der Waals surface area contributed by atoms with Crippen molar-refractivity contribution in [3.05, 3.63) is 29.8 Å². The molecule has 2 unspecified atom stereocenters. The fraction of sp³-hybridized carbons (Fsp3) is 0.579. The second-order valence-electron chi connectivity index (χ2n) is 6.79. The highest BCUT2D eigenvalue weighted by Gasteiger charge is 2.20. The predicted molar refractivity (Wildman–Crippen MR) is 94.1 cm³/mol. The van der Waals surface area contributed by atoms with E-state index in [1.54, 1.807) is 7.11 Å². The molecule has 0 saturated carbocycles. The fourth-order valence-electron chi connectivity index (χ4n) is 2.79. The number of amides is 1. The quantitative estimate of drug-likeness (QED) is 0.689. The van der Waals surface area contributed by atoms with Crippen molar-refractivity contribution in [2.45, 2.75) is 40.0 Å². The smallest absolute Gasteiger partial charge is 0.308 e. The molecule has 2 N–H and O–H groups in total. The maximum Gasteiger partial charge on any atom is 0.308 e. The van der Waals surface area contributed by atoms with Gasteiger partial charge >= 0.3 is 5.97 Å². The van der Waals surface area contributed by atoms with Gasteiger partial charge in [-0.2, -0.15) is 0 Å². The van der Waals surface area contributed by atoms with Crippen LogP contribution in [-0.4, -0.2) is 30.6 Å². The lowest BCUT2D eigenvalue weighted by Gasteiger charge is -2.17. The lowest BCUT2D eigenvalue weighted by Crippen LogP contribution is -2.34. The van der Waals surface area contributed by atoms with Crippen LogP contribution in [0.25, 0.3) is 0 Å². The molecule has 0 fully saturated rings. The van der Waals surface area contributed by atoms with Gasteiger partial charge in [0.2, 0.25) is 5.91 Å². The standard InChI is InChI=1S/C19H29NO4/c1-13(2)9-16(19(22)23)12-20-18(21)11-14(3)10-15-7-5-6-8-17(15)24-4/h5-8,13-14,16H,9-12H2,1-4H3,(H,20,21)(H,22,23). The molecule has 0 heterocycles. The Kier molecular flexibility index (Phi) is 8.30. The van der Waals surface area contributed by atoms with Gasteiger partial charge in [-0.05, 0) is 36.3 Å². The molecule has 5 nitrogen and oxygen atoms in total. The van der Waals surface area contributed by atoms with Crippen LogP contribution in [0.1, 0.15) is 39.2 Å². The molecule has 1 rings (SSSR count). The minimum Gasteiger partial charge on any atom is -0.496 e. The molecule has 0 aliphatic heterocycles. The number of nitrogens with one attached hydrogen (secondary N) is 1. The highest BCUT2D eigenvalue weighted by molar-refractivity contribution is 5.77. The van der Waals surface area contributed by atoms with Crippen molar-refractivity contribution in [1.82, 2.24) is 5.32 Å². The van der Waals surface area contributed by atoms with Crippen LogP contribution in [0.3, 0.4) is 0 Å². The van der Waals surface area contributed by atoms with E-state index in [1.165, 1.54) is 0 Å². The summed E-state index contributed by atoms with van der Waals surface area (Å²) in [6, 6.07) is 7.77. The first-order valence-electron chi connectivity index (χ1n) is 8.44. The van der Waals surface area contributed by atoms with Gasteiger partial charge in [-0.15, -0.1) is 0 Å². The van der Waals surface area contributed by atoms with Crippen LogP contribution in [0.4, 0.5) is 0 Å². The van der Waals surface area contributed by atoms with Gasteiger partial charge in [-0.3, -0.25) is 9.59 Å². The number of rotatable bonds is 10. The lowest BCUT2D eigenvalue weighted by molar-refractivity contribution is -0.142. The van der Waals surface area contributed by atoms with Crippen LogP contribution >= 0.6 is 0 Å². The first-order valence-corrected chi connectivity index (χ1v) is 8.44. The van der Waals surface area contributed by atoms with E-state index in [1.807, 2.05) is 45.0 Å². The minimum atomic E-state index is -0.855.